The van der Waals surface area contributed by atoms with E-state index >= 15 is 0 Å². The van der Waals surface area contributed by atoms with Crippen molar-refractivity contribution in [3.05, 3.63) is 70.8 Å². The summed E-state index contributed by atoms with van der Waals surface area (Å²) in [5.74, 6) is -3.38. The highest BCUT2D eigenvalue weighted by atomic mass is 35.5. The second-order valence-electron chi connectivity index (χ2n) is 7.40. The molecule has 0 saturated heterocycles. The Kier molecular flexibility index (Phi) is 5.89. The maximum absolute atomic E-state index is 14.7. The minimum atomic E-state index is -4.64. The molecule has 3 aromatic carbocycles. The molecule has 4 bridgehead atoms. The van der Waals surface area contributed by atoms with Crippen LogP contribution in [0.15, 0.2) is 53.4 Å². The van der Waals surface area contributed by atoms with Gasteiger partial charge in [-0.05, 0) is 31.2 Å². The zero-order valence-electron chi connectivity index (χ0n) is 17.0. The SMILES string of the molecule is C[C@H]1COc2ccccc2-c2cc(c(F)cc2F)NS(=O)(=O)c2cc(cc(Cl)c2O)C(=O)N1. The van der Waals surface area contributed by atoms with E-state index < -0.39 is 55.0 Å². The number of benzene rings is 3. The molecule has 33 heavy (non-hydrogen) atoms. The van der Waals surface area contributed by atoms with E-state index in [4.69, 9.17) is 16.3 Å². The lowest BCUT2D eigenvalue weighted by Crippen LogP contribution is -2.37. The van der Waals surface area contributed by atoms with E-state index in [0.29, 0.717) is 6.07 Å². The Morgan fingerprint density at radius 1 is 1.09 bits per heavy atom. The van der Waals surface area contributed by atoms with Crippen molar-refractivity contribution in [2.75, 3.05) is 11.3 Å². The molecular formula is C22H17ClF2N2O5S. The molecule has 3 aromatic rings. The highest BCUT2D eigenvalue weighted by molar-refractivity contribution is 7.92. The third kappa shape index (κ3) is 4.44. The number of anilines is 1. The van der Waals surface area contributed by atoms with Crippen LogP contribution in [0.3, 0.4) is 0 Å². The molecule has 4 rings (SSSR count). The third-order valence-corrected chi connectivity index (χ3v) is 6.59. The number of para-hydroxylation sites is 1. The average molecular weight is 495 g/mol. The number of rotatable bonds is 0. The number of sulfonamides is 1. The van der Waals surface area contributed by atoms with Gasteiger partial charge >= 0.3 is 0 Å². The predicted molar refractivity (Wildman–Crippen MR) is 118 cm³/mol. The molecule has 0 radical (unpaired) electrons. The Hall–Kier alpha value is -3.37. The van der Waals surface area contributed by atoms with Crippen molar-refractivity contribution in [1.29, 1.82) is 0 Å². The molecule has 1 heterocycles. The highest BCUT2D eigenvalue weighted by Gasteiger charge is 2.26. The molecule has 11 heteroatoms. The van der Waals surface area contributed by atoms with E-state index in [1.807, 2.05) is 4.72 Å². The van der Waals surface area contributed by atoms with Crippen LogP contribution < -0.4 is 14.8 Å². The van der Waals surface area contributed by atoms with Crippen molar-refractivity contribution in [3.8, 4) is 22.6 Å². The molecule has 1 atom stereocenters. The topological polar surface area (TPSA) is 105 Å². The quantitative estimate of drug-likeness (QED) is 0.432. The number of nitrogens with one attached hydrogen (secondary N) is 2. The van der Waals surface area contributed by atoms with E-state index in [-0.39, 0.29) is 29.0 Å². The van der Waals surface area contributed by atoms with Crippen molar-refractivity contribution in [3.63, 3.8) is 0 Å². The molecule has 1 aliphatic rings. The molecule has 0 aliphatic carbocycles. The number of hydrogen-bond acceptors (Lipinski definition) is 5. The van der Waals surface area contributed by atoms with Gasteiger partial charge in [0.2, 0.25) is 0 Å². The van der Waals surface area contributed by atoms with Crippen molar-refractivity contribution >= 4 is 33.2 Å². The molecule has 3 N–H and O–H groups in total. The van der Waals surface area contributed by atoms with Crippen molar-refractivity contribution < 1.29 is 31.8 Å². The number of hydrogen-bond donors (Lipinski definition) is 3. The molecular weight excluding hydrogens is 478 g/mol. The van der Waals surface area contributed by atoms with Gasteiger partial charge < -0.3 is 15.2 Å². The van der Waals surface area contributed by atoms with Crippen LogP contribution in [-0.4, -0.2) is 32.1 Å². The summed E-state index contributed by atoms with van der Waals surface area (Å²) in [7, 11) is -4.64. The fourth-order valence-electron chi connectivity index (χ4n) is 3.32. The summed E-state index contributed by atoms with van der Waals surface area (Å²) in [4.78, 5) is 11.9. The maximum atomic E-state index is 14.7. The summed E-state index contributed by atoms with van der Waals surface area (Å²) < 4.78 is 63.0. The molecule has 0 aromatic heterocycles. The Balaban J connectivity index is 1.95. The Morgan fingerprint density at radius 2 is 1.82 bits per heavy atom. The number of fused-ring (bicyclic) bond motifs is 6. The number of ether oxygens (including phenoxy) is 1. The first-order chi connectivity index (χ1) is 15.6. The van der Waals surface area contributed by atoms with Crippen LogP contribution in [0.2, 0.25) is 5.02 Å². The summed E-state index contributed by atoms with van der Waals surface area (Å²) in [6, 6.07) is 9.34. The molecule has 1 aliphatic heterocycles. The number of phenols is 1. The minimum Gasteiger partial charge on any atom is -0.505 e. The van der Waals surface area contributed by atoms with Crippen LogP contribution in [0.4, 0.5) is 14.5 Å². The smallest absolute Gasteiger partial charge is 0.265 e. The van der Waals surface area contributed by atoms with Crippen LogP contribution in [0, 0.1) is 11.6 Å². The zero-order valence-corrected chi connectivity index (χ0v) is 18.6. The molecule has 0 spiro atoms. The maximum Gasteiger partial charge on any atom is 0.265 e. The van der Waals surface area contributed by atoms with Gasteiger partial charge in [0, 0.05) is 22.8 Å². The summed E-state index contributed by atoms with van der Waals surface area (Å²) in [6.07, 6.45) is 0. The summed E-state index contributed by atoms with van der Waals surface area (Å²) >= 11 is 5.95. The van der Waals surface area contributed by atoms with Gasteiger partial charge in [0.15, 0.2) is 5.75 Å². The lowest BCUT2D eigenvalue weighted by Gasteiger charge is -2.17. The van der Waals surface area contributed by atoms with Crippen LogP contribution in [0.1, 0.15) is 17.3 Å². The van der Waals surface area contributed by atoms with E-state index in [1.165, 1.54) is 6.07 Å². The lowest BCUT2D eigenvalue weighted by molar-refractivity contribution is 0.0926. The Morgan fingerprint density at radius 3 is 2.58 bits per heavy atom. The molecule has 172 valence electrons. The van der Waals surface area contributed by atoms with E-state index in [2.05, 4.69) is 5.32 Å². The largest absolute Gasteiger partial charge is 0.505 e. The number of halogens is 3. The van der Waals surface area contributed by atoms with Crippen molar-refractivity contribution in [1.82, 2.24) is 5.32 Å². The van der Waals surface area contributed by atoms with E-state index in [9.17, 15) is 27.1 Å². The van der Waals surface area contributed by atoms with Gasteiger partial charge in [-0.1, -0.05) is 29.8 Å². The lowest BCUT2D eigenvalue weighted by atomic mass is 10.0. The first kappa shape index (κ1) is 22.8. The summed E-state index contributed by atoms with van der Waals surface area (Å²) in [6.45, 7) is 1.64. The predicted octanol–water partition coefficient (Wildman–Crippen LogP) is 4.30. The average Bonchev–Trinajstić information content (AvgIpc) is 2.75. The van der Waals surface area contributed by atoms with Crippen LogP contribution in [0.25, 0.3) is 11.1 Å². The van der Waals surface area contributed by atoms with Crippen LogP contribution >= 0.6 is 11.6 Å². The summed E-state index contributed by atoms with van der Waals surface area (Å²) in [5, 5.41) is 12.5. The Bertz CT molecular complexity index is 1380. The first-order valence-electron chi connectivity index (χ1n) is 9.64. The molecule has 1 amide bonds. The van der Waals surface area contributed by atoms with Crippen LogP contribution in [0.5, 0.6) is 11.5 Å². The standard InChI is InChI=1S/C22H17ClF2N2O5S/c1-11-10-32-19-5-3-2-4-13(19)14-8-18(17(25)9-16(14)24)27-33(30,31)20-7-12(22(29)26-11)6-15(23)21(20)28/h2-9,11,27-28H,10H2,1H3,(H,26,29)/t11-/m0/s1. The van der Waals surface area contributed by atoms with Gasteiger partial charge in [-0.3, -0.25) is 9.52 Å². The Labute approximate surface area is 193 Å². The van der Waals surface area contributed by atoms with Gasteiger partial charge in [-0.2, -0.15) is 0 Å². The molecule has 0 fully saturated rings. The van der Waals surface area contributed by atoms with Crippen molar-refractivity contribution in [2.24, 2.45) is 0 Å². The molecule has 0 saturated carbocycles. The van der Waals surface area contributed by atoms with Crippen LogP contribution in [-0.2, 0) is 10.0 Å². The minimum absolute atomic E-state index is 0.00630. The molecule has 0 unspecified atom stereocenters. The normalized spacial score (nSPS) is 17.5. The molecule has 7 nitrogen and oxygen atoms in total. The zero-order chi connectivity index (χ0) is 23.9. The number of amides is 1. The second-order valence-corrected chi connectivity index (χ2v) is 9.46. The van der Waals surface area contributed by atoms with E-state index in [1.54, 1.807) is 25.1 Å². The number of carbonyl (C=O) groups excluding carboxylic acids is 1. The van der Waals surface area contributed by atoms with Gasteiger partial charge in [0.1, 0.15) is 28.9 Å². The van der Waals surface area contributed by atoms with Gasteiger partial charge in [-0.25, -0.2) is 17.2 Å². The number of aromatic hydroxyl groups is 1. The van der Waals surface area contributed by atoms with E-state index in [0.717, 1.165) is 18.2 Å². The third-order valence-electron chi connectivity index (χ3n) is 4.92. The van der Waals surface area contributed by atoms with Gasteiger partial charge in [-0.15, -0.1) is 0 Å². The van der Waals surface area contributed by atoms with Gasteiger partial charge in [0.25, 0.3) is 15.9 Å². The fourth-order valence-corrected chi connectivity index (χ4v) is 4.80. The van der Waals surface area contributed by atoms with Gasteiger partial charge in [0.05, 0.1) is 16.8 Å². The van der Waals surface area contributed by atoms with Crippen molar-refractivity contribution in [2.45, 2.75) is 17.9 Å². The number of carbonyl (C=O) groups is 1. The summed E-state index contributed by atoms with van der Waals surface area (Å²) in [5.41, 5.74) is -0.599. The second kappa shape index (κ2) is 8.53. The highest BCUT2D eigenvalue weighted by Crippen LogP contribution is 2.37. The number of phenolic OH excluding ortho intramolecular Hbond substituents is 1. The first-order valence-corrected chi connectivity index (χ1v) is 11.5. The fraction of sp³-hybridized carbons (Fsp3) is 0.136. The monoisotopic (exact) mass is 494 g/mol.